The summed E-state index contributed by atoms with van der Waals surface area (Å²) in [5.41, 5.74) is 1.85. The monoisotopic (exact) mass is 360 g/mol. The molecule has 1 aliphatic heterocycles. The third-order valence-corrected chi connectivity index (χ3v) is 5.31. The number of hydrogen-bond acceptors (Lipinski definition) is 5. The molecule has 1 aliphatic rings. The molecule has 0 aliphatic carbocycles. The lowest BCUT2D eigenvalue weighted by atomic mass is 10.1. The van der Waals surface area contributed by atoms with Crippen molar-refractivity contribution in [2.75, 3.05) is 33.9 Å². The topological polar surface area (TPSA) is 50.8 Å². The first kappa shape index (κ1) is 17.8. The van der Waals surface area contributed by atoms with E-state index in [4.69, 9.17) is 9.47 Å². The number of methoxy groups -OCH3 is 2. The van der Waals surface area contributed by atoms with E-state index in [0.717, 1.165) is 13.1 Å². The quantitative estimate of drug-likeness (QED) is 0.823. The summed E-state index contributed by atoms with van der Waals surface area (Å²) in [4.78, 5) is 15.0. The van der Waals surface area contributed by atoms with Crippen LogP contribution in [0.5, 0.6) is 11.5 Å². The summed E-state index contributed by atoms with van der Waals surface area (Å²) in [6.07, 6.45) is 2.45. The number of nitrogens with one attached hydrogen (secondary N) is 1. The van der Waals surface area contributed by atoms with Crippen molar-refractivity contribution in [1.82, 2.24) is 10.2 Å². The second-order valence-electron chi connectivity index (χ2n) is 6.10. The second-order valence-corrected chi connectivity index (χ2v) is 6.88. The summed E-state index contributed by atoms with van der Waals surface area (Å²) >= 11 is 1.70. The Kier molecular flexibility index (Phi) is 5.94. The van der Waals surface area contributed by atoms with E-state index < -0.39 is 0 Å². The van der Waals surface area contributed by atoms with Crippen molar-refractivity contribution < 1.29 is 14.3 Å². The van der Waals surface area contributed by atoms with Crippen LogP contribution in [0.4, 0.5) is 0 Å². The molecule has 1 aromatic heterocycles. The molecule has 2 aromatic rings. The maximum Gasteiger partial charge on any atom is 0.251 e. The van der Waals surface area contributed by atoms with Gasteiger partial charge in [-0.1, -0.05) is 0 Å². The van der Waals surface area contributed by atoms with Crippen LogP contribution in [-0.4, -0.2) is 44.7 Å². The highest BCUT2D eigenvalue weighted by molar-refractivity contribution is 7.07. The molecule has 6 heteroatoms. The van der Waals surface area contributed by atoms with E-state index in [9.17, 15) is 4.79 Å². The third-order valence-electron chi connectivity index (χ3n) is 4.61. The number of carbonyl (C=O) groups is 1. The van der Waals surface area contributed by atoms with Crippen LogP contribution in [0.1, 0.15) is 34.8 Å². The van der Waals surface area contributed by atoms with Gasteiger partial charge >= 0.3 is 0 Å². The van der Waals surface area contributed by atoms with Crippen molar-refractivity contribution in [3.8, 4) is 11.5 Å². The van der Waals surface area contributed by atoms with Crippen LogP contribution in [0, 0.1) is 0 Å². The third kappa shape index (κ3) is 4.14. The molecule has 134 valence electrons. The Labute approximate surface area is 152 Å². The summed E-state index contributed by atoms with van der Waals surface area (Å²) in [6, 6.07) is 7.61. The largest absolute Gasteiger partial charge is 0.493 e. The summed E-state index contributed by atoms with van der Waals surface area (Å²) in [5.74, 6) is 1.08. The normalized spacial score (nSPS) is 15.8. The minimum absolute atomic E-state index is 0.0969. The number of hydrogen-bond donors (Lipinski definition) is 1. The van der Waals surface area contributed by atoms with Gasteiger partial charge in [-0.25, -0.2) is 0 Å². The number of likely N-dealkylation sites (tertiary alicyclic amines) is 1. The van der Waals surface area contributed by atoms with Crippen LogP contribution in [0.15, 0.2) is 35.0 Å². The average molecular weight is 360 g/mol. The molecule has 1 aromatic carbocycles. The molecule has 3 rings (SSSR count). The molecule has 1 saturated heterocycles. The molecule has 0 bridgehead atoms. The van der Waals surface area contributed by atoms with Crippen molar-refractivity contribution in [3.63, 3.8) is 0 Å². The molecule has 0 saturated carbocycles. The highest BCUT2D eigenvalue weighted by Crippen LogP contribution is 2.28. The summed E-state index contributed by atoms with van der Waals surface area (Å²) in [7, 11) is 3.15. The molecule has 0 spiro atoms. The first-order valence-electron chi connectivity index (χ1n) is 8.49. The smallest absolute Gasteiger partial charge is 0.251 e. The zero-order chi connectivity index (χ0) is 17.6. The minimum atomic E-state index is -0.0969. The molecule has 25 heavy (non-hydrogen) atoms. The zero-order valence-electron chi connectivity index (χ0n) is 14.7. The standard InChI is InChI=1S/C19H24N2O3S/c1-23-17-6-5-14(11-18(17)24-2)19(22)20-12-16(15-7-10-25-13-15)21-8-3-4-9-21/h5-7,10-11,13,16H,3-4,8-9,12H2,1-2H3,(H,20,22). The lowest BCUT2D eigenvalue weighted by molar-refractivity contribution is 0.0937. The Morgan fingerprint density at radius 2 is 1.96 bits per heavy atom. The first-order chi connectivity index (χ1) is 12.2. The Hall–Kier alpha value is -2.05. The van der Waals surface area contributed by atoms with Gasteiger partial charge in [0.25, 0.3) is 5.91 Å². The minimum Gasteiger partial charge on any atom is -0.493 e. The second kappa shape index (κ2) is 8.36. The van der Waals surface area contributed by atoms with Gasteiger partial charge in [-0.05, 0) is 66.5 Å². The van der Waals surface area contributed by atoms with E-state index in [2.05, 4.69) is 27.0 Å². The Bertz CT molecular complexity index is 697. The predicted octanol–water partition coefficient (Wildman–Crippen LogP) is 3.33. The Balaban J connectivity index is 1.69. The van der Waals surface area contributed by atoms with Crippen LogP contribution in [-0.2, 0) is 0 Å². The van der Waals surface area contributed by atoms with Crippen molar-refractivity contribution in [1.29, 1.82) is 0 Å². The number of benzene rings is 1. The molecule has 1 N–H and O–H groups in total. The Morgan fingerprint density at radius 1 is 1.20 bits per heavy atom. The van der Waals surface area contributed by atoms with E-state index in [1.54, 1.807) is 43.8 Å². The van der Waals surface area contributed by atoms with Crippen LogP contribution < -0.4 is 14.8 Å². The maximum absolute atomic E-state index is 12.6. The maximum atomic E-state index is 12.6. The SMILES string of the molecule is COc1ccc(C(=O)NCC(c2ccsc2)N2CCCC2)cc1OC. The lowest BCUT2D eigenvalue weighted by Crippen LogP contribution is -2.36. The number of nitrogens with zero attached hydrogens (tertiary/aromatic N) is 1. The van der Waals surface area contributed by atoms with E-state index in [0.29, 0.717) is 23.6 Å². The van der Waals surface area contributed by atoms with Gasteiger partial charge in [0.15, 0.2) is 11.5 Å². The highest BCUT2D eigenvalue weighted by atomic mass is 32.1. The van der Waals surface area contributed by atoms with Gasteiger partial charge in [0.2, 0.25) is 0 Å². The fraction of sp³-hybridized carbons (Fsp3) is 0.421. The molecule has 1 atom stereocenters. The van der Waals surface area contributed by atoms with Crippen molar-refractivity contribution >= 4 is 17.2 Å². The van der Waals surface area contributed by atoms with Crippen molar-refractivity contribution in [2.24, 2.45) is 0 Å². The molecular formula is C19H24N2O3S. The van der Waals surface area contributed by atoms with Crippen LogP contribution >= 0.6 is 11.3 Å². The predicted molar refractivity (Wildman–Crippen MR) is 99.7 cm³/mol. The zero-order valence-corrected chi connectivity index (χ0v) is 15.5. The van der Waals surface area contributed by atoms with E-state index in [-0.39, 0.29) is 11.9 Å². The van der Waals surface area contributed by atoms with Crippen LogP contribution in [0.25, 0.3) is 0 Å². The fourth-order valence-electron chi connectivity index (χ4n) is 3.24. The lowest BCUT2D eigenvalue weighted by Gasteiger charge is -2.27. The van der Waals surface area contributed by atoms with Gasteiger partial charge in [-0.2, -0.15) is 11.3 Å². The van der Waals surface area contributed by atoms with Crippen LogP contribution in [0.3, 0.4) is 0 Å². The van der Waals surface area contributed by atoms with E-state index >= 15 is 0 Å². The van der Waals surface area contributed by atoms with Gasteiger partial charge in [-0.15, -0.1) is 0 Å². The number of carbonyl (C=O) groups excluding carboxylic acids is 1. The summed E-state index contributed by atoms with van der Waals surface area (Å²) < 4.78 is 10.5. The Morgan fingerprint density at radius 3 is 2.60 bits per heavy atom. The van der Waals surface area contributed by atoms with Gasteiger partial charge in [0.1, 0.15) is 0 Å². The summed E-state index contributed by atoms with van der Waals surface area (Å²) in [5, 5.41) is 7.34. The first-order valence-corrected chi connectivity index (χ1v) is 9.43. The average Bonchev–Trinajstić information content (AvgIpc) is 3.35. The molecule has 0 radical (unpaired) electrons. The van der Waals surface area contributed by atoms with Crippen molar-refractivity contribution in [2.45, 2.75) is 18.9 Å². The van der Waals surface area contributed by atoms with Gasteiger partial charge in [0, 0.05) is 12.1 Å². The van der Waals surface area contributed by atoms with Gasteiger partial charge < -0.3 is 14.8 Å². The number of thiophene rings is 1. The van der Waals surface area contributed by atoms with Gasteiger partial charge in [0.05, 0.1) is 20.3 Å². The van der Waals surface area contributed by atoms with Crippen LogP contribution in [0.2, 0.25) is 0 Å². The molecule has 1 amide bonds. The van der Waals surface area contributed by atoms with E-state index in [1.165, 1.54) is 18.4 Å². The molecule has 2 heterocycles. The fourth-order valence-corrected chi connectivity index (χ4v) is 3.95. The number of amides is 1. The number of ether oxygens (including phenoxy) is 2. The molecule has 5 nitrogen and oxygen atoms in total. The van der Waals surface area contributed by atoms with Gasteiger partial charge in [-0.3, -0.25) is 9.69 Å². The summed E-state index contributed by atoms with van der Waals surface area (Å²) in [6.45, 7) is 2.78. The van der Waals surface area contributed by atoms with E-state index in [1.807, 2.05) is 0 Å². The molecule has 1 fully saturated rings. The molecule has 1 unspecified atom stereocenters. The highest BCUT2D eigenvalue weighted by Gasteiger charge is 2.24. The molecular weight excluding hydrogens is 336 g/mol. The van der Waals surface area contributed by atoms with Crippen molar-refractivity contribution in [3.05, 3.63) is 46.2 Å². The number of rotatable bonds is 7.